The molecule has 1 aliphatic heterocycles. The molecular weight excluding hydrogens is 451 g/mol. The number of carbonyl (C=O) groups is 3. The van der Waals surface area contributed by atoms with Crippen LogP contribution in [0, 0.1) is 12.7 Å². The molecule has 1 amide bonds. The molecule has 0 aliphatic carbocycles. The first-order valence-corrected chi connectivity index (χ1v) is 11.0. The van der Waals surface area contributed by atoms with Gasteiger partial charge in [0.1, 0.15) is 11.6 Å². The third kappa shape index (κ3) is 4.55. The van der Waals surface area contributed by atoms with Gasteiger partial charge in [0, 0.05) is 23.6 Å². The summed E-state index contributed by atoms with van der Waals surface area (Å²) in [4.78, 5) is 44.1. The molecule has 0 bridgehead atoms. The second-order valence-corrected chi connectivity index (χ2v) is 8.42. The fourth-order valence-electron chi connectivity index (χ4n) is 3.97. The molecule has 8 heteroatoms. The number of pyridine rings is 1. The summed E-state index contributed by atoms with van der Waals surface area (Å²) in [7, 11) is 0. The van der Waals surface area contributed by atoms with Crippen LogP contribution in [0.25, 0.3) is 5.76 Å². The number of anilines is 1. The molecule has 0 radical (unpaired) electrons. The van der Waals surface area contributed by atoms with Crippen LogP contribution >= 0.6 is 0 Å². The van der Waals surface area contributed by atoms with Gasteiger partial charge in [-0.05, 0) is 80.4 Å². The van der Waals surface area contributed by atoms with Crippen molar-refractivity contribution in [3.05, 3.63) is 101 Å². The quantitative estimate of drug-likeness (QED) is 0.249. The number of halogens is 1. The molecule has 35 heavy (non-hydrogen) atoms. The van der Waals surface area contributed by atoms with Gasteiger partial charge in [-0.25, -0.2) is 9.18 Å². The van der Waals surface area contributed by atoms with Crippen LogP contribution in [0.4, 0.5) is 10.1 Å². The SMILES string of the molecule is Cc1cc(/C(O)=C2\C(=O)C(=O)N(c3cccc(C(=O)OC(C)C)c3)C2c2ccncc2)ccc1F. The van der Waals surface area contributed by atoms with Crippen LogP contribution in [0.2, 0.25) is 0 Å². The number of amides is 1. The van der Waals surface area contributed by atoms with E-state index in [9.17, 15) is 23.9 Å². The van der Waals surface area contributed by atoms with Crippen LogP contribution in [-0.4, -0.2) is 33.9 Å². The number of benzene rings is 2. The third-order valence-corrected chi connectivity index (χ3v) is 5.60. The molecular formula is C27H23FN2O5. The van der Waals surface area contributed by atoms with Gasteiger partial charge < -0.3 is 9.84 Å². The van der Waals surface area contributed by atoms with E-state index in [4.69, 9.17) is 4.74 Å². The van der Waals surface area contributed by atoms with Crippen LogP contribution < -0.4 is 4.90 Å². The predicted molar refractivity (Wildman–Crippen MR) is 127 cm³/mol. The fraction of sp³-hybridized carbons (Fsp3) is 0.185. The predicted octanol–water partition coefficient (Wildman–Crippen LogP) is 4.72. The van der Waals surface area contributed by atoms with Gasteiger partial charge in [0.2, 0.25) is 0 Å². The molecule has 1 aliphatic rings. The van der Waals surface area contributed by atoms with Crippen LogP contribution in [0.5, 0.6) is 0 Å². The normalized spacial score (nSPS) is 17.2. The van der Waals surface area contributed by atoms with Crippen LogP contribution in [0.1, 0.15) is 46.9 Å². The lowest BCUT2D eigenvalue weighted by atomic mass is 9.95. The summed E-state index contributed by atoms with van der Waals surface area (Å²) in [6.45, 7) is 4.98. The molecule has 178 valence electrons. The zero-order chi connectivity index (χ0) is 25.3. The van der Waals surface area contributed by atoms with Crippen LogP contribution in [0.15, 0.2) is 72.6 Å². The maximum Gasteiger partial charge on any atom is 0.338 e. The largest absolute Gasteiger partial charge is 0.507 e. The van der Waals surface area contributed by atoms with Crippen LogP contribution in [-0.2, 0) is 14.3 Å². The molecule has 3 aromatic rings. The Labute approximate surface area is 201 Å². The molecule has 1 saturated heterocycles. The van der Waals surface area contributed by atoms with Gasteiger partial charge >= 0.3 is 5.97 Å². The van der Waals surface area contributed by atoms with Crippen molar-refractivity contribution in [3.8, 4) is 0 Å². The van der Waals surface area contributed by atoms with Gasteiger partial charge in [0.15, 0.2) is 0 Å². The number of aliphatic hydroxyl groups is 1. The molecule has 2 aromatic carbocycles. The smallest absolute Gasteiger partial charge is 0.338 e. The summed E-state index contributed by atoms with van der Waals surface area (Å²) in [6, 6.07) is 12.4. The topological polar surface area (TPSA) is 96.8 Å². The number of rotatable bonds is 5. The van der Waals surface area contributed by atoms with Crippen molar-refractivity contribution >= 4 is 29.1 Å². The number of aromatic nitrogens is 1. The summed E-state index contributed by atoms with van der Waals surface area (Å²) < 4.78 is 19.1. The van der Waals surface area contributed by atoms with Crippen LogP contribution in [0.3, 0.4) is 0 Å². The van der Waals surface area contributed by atoms with Crippen molar-refractivity contribution in [3.63, 3.8) is 0 Å². The van der Waals surface area contributed by atoms with E-state index >= 15 is 0 Å². The Bertz CT molecular complexity index is 1350. The Morgan fingerprint density at radius 1 is 1.06 bits per heavy atom. The Kier molecular flexibility index (Phi) is 6.46. The van der Waals surface area contributed by atoms with E-state index < -0.39 is 35.3 Å². The number of ether oxygens (including phenoxy) is 1. The van der Waals surface area contributed by atoms with Gasteiger partial charge in [-0.15, -0.1) is 0 Å². The minimum absolute atomic E-state index is 0.151. The number of hydrogen-bond acceptors (Lipinski definition) is 6. The standard InChI is InChI=1S/C27H23FN2O5/c1-15(2)35-27(34)19-5-4-6-20(14-19)30-23(17-9-11-29-12-10-17)22(25(32)26(30)33)24(31)18-7-8-21(28)16(3)13-18/h4-15,23,31H,1-3H3/b24-22+. The lowest BCUT2D eigenvalue weighted by molar-refractivity contribution is -0.132. The van der Waals surface area contributed by atoms with E-state index in [1.165, 1.54) is 48.5 Å². The Balaban J connectivity index is 1.89. The number of hydrogen-bond donors (Lipinski definition) is 1. The number of aryl methyl sites for hydroxylation is 1. The Morgan fingerprint density at radius 3 is 2.43 bits per heavy atom. The maximum absolute atomic E-state index is 13.8. The lowest BCUT2D eigenvalue weighted by Gasteiger charge is -2.25. The highest BCUT2D eigenvalue weighted by molar-refractivity contribution is 6.51. The first-order valence-electron chi connectivity index (χ1n) is 11.0. The molecule has 2 heterocycles. The number of aliphatic hydroxyl groups excluding tert-OH is 1. The maximum atomic E-state index is 13.8. The van der Waals surface area contributed by atoms with Gasteiger partial charge in [-0.1, -0.05) is 6.07 Å². The summed E-state index contributed by atoms with van der Waals surface area (Å²) in [5.74, 6) is -3.23. The van der Waals surface area contributed by atoms with E-state index in [0.717, 1.165) is 0 Å². The van der Waals surface area contributed by atoms with Gasteiger partial charge in [-0.3, -0.25) is 19.5 Å². The van der Waals surface area contributed by atoms with Crippen molar-refractivity contribution in [1.29, 1.82) is 0 Å². The molecule has 7 nitrogen and oxygen atoms in total. The lowest BCUT2D eigenvalue weighted by Crippen LogP contribution is -2.29. The summed E-state index contributed by atoms with van der Waals surface area (Å²) >= 11 is 0. The molecule has 4 rings (SSSR count). The van der Waals surface area contributed by atoms with E-state index in [1.807, 2.05) is 0 Å². The highest BCUT2D eigenvalue weighted by atomic mass is 19.1. The fourth-order valence-corrected chi connectivity index (χ4v) is 3.97. The van der Waals surface area contributed by atoms with Crippen molar-refractivity contribution in [2.75, 3.05) is 4.90 Å². The third-order valence-electron chi connectivity index (χ3n) is 5.60. The molecule has 0 saturated carbocycles. The van der Waals surface area contributed by atoms with E-state index in [1.54, 1.807) is 44.2 Å². The first-order chi connectivity index (χ1) is 16.7. The number of nitrogens with zero attached hydrogens (tertiary/aromatic N) is 2. The second-order valence-electron chi connectivity index (χ2n) is 8.42. The summed E-state index contributed by atoms with van der Waals surface area (Å²) in [6.07, 6.45) is 2.68. The summed E-state index contributed by atoms with van der Waals surface area (Å²) in [5, 5.41) is 11.1. The molecule has 1 fully saturated rings. The average molecular weight is 474 g/mol. The van der Waals surface area contributed by atoms with Gasteiger partial charge in [-0.2, -0.15) is 0 Å². The van der Waals surface area contributed by atoms with Gasteiger partial charge in [0.25, 0.3) is 11.7 Å². The Hall–Kier alpha value is -4.33. The molecule has 1 N–H and O–H groups in total. The molecule has 1 unspecified atom stereocenters. The molecule has 1 atom stereocenters. The number of carbonyl (C=O) groups excluding carboxylic acids is 3. The van der Waals surface area contributed by atoms with E-state index in [0.29, 0.717) is 5.56 Å². The first kappa shape index (κ1) is 23.8. The van der Waals surface area contributed by atoms with Crippen molar-refractivity contribution < 1.29 is 28.6 Å². The monoisotopic (exact) mass is 474 g/mol. The number of esters is 1. The molecule has 1 aromatic heterocycles. The second kappa shape index (κ2) is 9.50. The van der Waals surface area contributed by atoms with Gasteiger partial charge in [0.05, 0.1) is 23.3 Å². The zero-order valence-electron chi connectivity index (χ0n) is 19.4. The van der Waals surface area contributed by atoms with Crippen molar-refractivity contribution in [2.24, 2.45) is 0 Å². The minimum atomic E-state index is -1.00. The highest BCUT2D eigenvalue weighted by Gasteiger charge is 2.47. The summed E-state index contributed by atoms with van der Waals surface area (Å²) in [5.41, 5.74) is 1.34. The van der Waals surface area contributed by atoms with E-state index in [-0.39, 0.29) is 34.1 Å². The highest BCUT2D eigenvalue weighted by Crippen LogP contribution is 2.42. The molecule has 0 spiro atoms. The van der Waals surface area contributed by atoms with E-state index in [2.05, 4.69) is 4.98 Å². The zero-order valence-corrected chi connectivity index (χ0v) is 19.4. The number of ketones is 1. The number of Topliss-reactive ketones (excluding diaryl/α,β-unsaturated/α-hetero) is 1. The average Bonchev–Trinajstić information content (AvgIpc) is 3.11. The Morgan fingerprint density at radius 2 is 1.77 bits per heavy atom. The van der Waals surface area contributed by atoms with Crippen molar-refractivity contribution in [2.45, 2.75) is 32.9 Å². The van der Waals surface area contributed by atoms with Crippen molar-refractivity contribution in [1.82, 2.24) is 4.98 Å². The minimum Gasteiger partial charge on any atom is -0.507 e.